The molecule has 170 valence electrons. The summed E-state index contributed by atoms with van der Waals surface area (Å²) in [5.74, 6) is 0. The van der Waals surface area contributed by atoms with E-state index in [1.165, 1.54) is 39.7 Å². The van der Waals surface area contributed by atoms with Crippen molar-refractivity contribution in [2.24, 2.45) is 10.1 Å². The van der Waals surface area contributed by atoms with Crippen LogP contribution in [0.15, 0.2) is 76.4 Å². The maximum absolute atomic E-state index is 11.4. The van der Waals surface area contributed by atoms with Crippen LogP contribution in [-0.4, -0.2) is 20.3 Å². The second kappa shape index (κ2) is 9.15. The summed E-state index contributed by atoms with van der Waals surface area (Å²) < 4.78 is 1.82. The van der Waals surface area contributed by atoms with E-state index in [9.17, 15) is 10.1 Å². The van der Waals surface area contributed by atoms with Crippen molar-refractivity contribution in [1.29, 1.82) is 0 Å². The first kappa shape index (κ1) is 21.9. The number of hydrogen-bond donors (Lipinski definition) is 0. The maximum atomic E-state index is 11.4. The van der Waals surface area contributed by atoms with Gasteiger partial charge in [-0.2, -0.15) is 5.10 Å². The van der Waals surface area contributed by atoms with Crippen molar-refractivity contribution in [2.45, 2.75) is 33.1 Å². The van der Waals surface area contributed by atoms with Crippen molar-refractivity contribution < 1.29 is 4.92 Å². The highest BCUT2D eigenvalue weighted by molar-refractivity contribution is 7.07. The molecule has 0 fully saturated rings. The van der Waals surface area contributed by atoms with Gasteiger partial charge < -0.3 is 0 Å². The van der Waals surface area contributed by atoms with E-state index in [1.807, 2.05) is 28.3 Å². The Bertz CT molecular complexity index is 1480. The summed E-state index contributed by atoms with van der Waals surface area (Å²) in [5, 5.41) is 18.4. The summed E-state index contributed by atoms with van der Waals surface area (Å²) in [6, 6.07) is 14.8. The van der Waals surface area contributed by atoms with Crippen LogP contribution in [0.5, 0.6) is 0 Å². The number of nitrogens with zero attached hydrogens (tertiary/aromatic N) is 5. The van der Waals surface area contributed by atoms with E-state index >= 15 is 0 Å². The molecular weight excluding hydrogens is 446 g/mol. The lowest BCUT2D eigenvalue weighted by Crippen LogP contribution is -2.19. The summed E-state index contributed by atoms with van der Waals surface area (Å²) in [6.45, 7) is 4.26. The van der Waals surface area contributed by atoms with Crippen molar-refractivity contribution in [2.75, 3.05) is 0 Å². The van der Waals surface area contributed by atoms with Gasteiger partial charge in [-0.1, -0.05) is 23.8 Å². The molecule has 34 heavy (non-hydrogen) atoms. The molecule has 7 nitrogen and oxygen atoms in total. The molecule has 2 heterocycles. The third kappa shape index (κ3) is 4.32. The SMILES string of the molecule is Cc1cc(C)c2c(c1)C(=Nn1c(-c3cccc([N+](=O)[O-])c3)csc1=Nc1cccnc1)CCC2. The van der Waals surface area contributed by atoms with Gasteiger partial charge in [-0.25, -0.2) is 9.67 Å². The van der Waals surface area contributed by atoms with Crippen LogP contribution in [0.2, 0.25) is 0 Å². The minimum Gasteiger partial charge on any atom is -0.262 e. The fourth-order valence-corrected chi connectivity index (χ4v) is 5.21. The van der Waals surface area contributed by atoms with E-state index in [0.717, 1.165) is 41.9 Å². The van der Waals surface area contributed by atoms with Crippen molar-refractivity contribution >= 4 is 28.4 Å². The van der Waals surface area contributed by atoms with Gasteiger partial charge in [0, 0.05) is 34.8 Å². The van der Waals surface area contributed by atoms with Crippen LogP contribution in [0.25, 0.3) is 11.3 Å². The van der Waals surface area contributed by atoms with Gasteiger partial charge in [-0.15, -0.1) is 11.3 Å². The van der Waals surface area contributed by atoms with Gasteiger partial charge in [0.1, 0.15) is 0 Å². The zero-order chi connectivity index (χ0) is 23.7. The smallest absolute Gasteiger partial charge is 0.262 e. The van der Waals surface area contributed by atoms with E-state index in [2.05, 4.69) is 31.0 Å². The lowest BCUT2D eigenvalue weighted by Gasteiger charge is -2.21. The topological polar surface area (TPSA) is 85.7 Å². The minimum atomic E-state index is -0.379. The Morgan fingerprint density at radius 2 is 2.00 bits per heavy atom. The Morgan fingerprint density at radius 3 is 2.79 bits per heavy atom. The Hall–Kier alpha value is -3.91. The van der Waals surface area contributed by atoms with Crippen LogP contribution in [0.1, 0.15) is 35.1 Å². The lowest BCUT2D eigenvalue weighted by atomic mass is 9.86. The van der Waals surface area contributed by atoms with E-state index in [0.29, 0.717) is 4.80 Å². The van der Waals surface area contributed by atoms with E-state index in [-0.39, 0.29) is 10.6 Å². The molecule has 0 radical (unpaired) electrons. The number of fused-ring (bicyclic) bond motifs is 1. The number of benzene rings is 2. The maximum Gasteiger partial charge on any atom is 0.270 e. The predicted octanol–water partition coefficient (Wildman–Crippen LogP) is 5.96. The molecule has 0 saturated carbocycles. The van der Waals surface area contributed by atoms with Gasteiger partial charge >= 0.3 is 0 Å². The van der Waals surface area contributed by atoms with Crippen LogP contribution in [0, 0.1) is 24.0 Å². The normalized spacial score (nSPS) is 14.9. The van der Waals surface area contributed by atoms with Gasteiger partial charge in [-0.3, -0.25) is 15.1 Å². The van der Waals surface area contributed by atoms with Crippen molar-refractivity contribution in [1.82, 2.24) is 9.66 Å². The third-order valence-electron chi connectivity index (χ3n) is 5.90. The summed E-state index contributed by atoms with van der Waals surface area (Å²) in [4.78, 5) is 20.6. The fraction of sp³-hybridized carbons (Fsp3) is 0.192. The van der Waals surface area contributed by atoms with Crippen LogP contribution in [0.4, 0.5) is 11.4 Å². The second-order valence-corrected chi connectivity index (χ2v) is 9.19. The van der Waals surface area contributed by atoms with Gasteiger partial charge in [0.15, 0.2) is 0 Å². The predicted molar refractivity (Wildman–Crippen MR) is 135 cm³/mol. The van der Waals surface area contributed by atoms with Crippen LogP contribution in [-0.2, 0) is 6.42 Å². The minimum absolute atomic E-state index is 0.0444. The largest absolute Gasteiger partial charge is 0.270 e. The zero-order valence-corrected chi connectivity index (χ0v) is 19.7. The van der Waals surface area contributed by atoms with Gasteiger partial charge in [-0.05, 0) is 62.4 Å². The number of aromatic nitrogens is 2. The molecule has 2 aromatic heterocycles. The first-order valence-electron chi connectivity index (χ1n) is 11.1. The highest BCUT2D eigenvalue weighted by Gasteiger charge is 2.20. The molecule has 0 spiro atoms. The number of pyridine rings is 1. The highest BCUT2D eigenvalue weighted by Crippen LogP contribution is 2.29. The zero-order valence-electron chi connectivity index (χ0n) is 18.9. The Kier molecular flexibility index (Phi) is 5.90. The first-order valence-corrected chi connectivity index (χ1v) is 12.0. The molecule has 1 aliphatic rings. The fourth-order valence-electron chi connectivity index (χ4n) is 4.36. The molecule has 0 N–H and O–H groups in total. The number of nitro benzene ring substituents is 1. The second-order valence-electron chi connectivity index (χ2n) is 8.35. The average molecular weight is 470 g/mol. The molecule has 2 aromatic carbocycles. The number of thiazole rings is 1. The van der Waals surface area contributed by atoms with Gasteiger partial charge in [0.05, 0.1) is 28.2 Å². The number of hydrogen-bond acceptors (Lipinski definition) is 6. The molecule has 0 aliphatic heterocycles. The molecule has 0 unspecified atom stereocenters. The standard InChI is InChI=1S/C26H23N5O2S/c1-17-12-18(2)22-9-4-10-24(23(22)13-17)29-30-25(19-6-3-8-21(14-19)31(32)33)16-34-26(30)28-20-7-5-11-27-15-20/h3,5-8,11-16H,4,9-10H2,1-2H3. The van der Waals surface area contributed by atoms with Gasteiger partial charge in [0.25, 0.3) is 5.69 Å². The summed E-state index contributed by atoms with van der Waals surface area (Å²) >= 11 is 1.45. The third-order valence-corrected chi connectivity index (χ3v) is 6.71. The molecule has 0 bridgehead atoms. The van der Waals surface area contributed by atoms with Crippen LogP contribution >= 0.6 is 11.3 Å². The van der Waals surface area contributed by atoms with E-state index in [1.54, 1.807) is 24.5 Å². The number of rotatable bonds is 4. The Labute approximate surface area is 200 Å². The molecule has 0 saturated heterocycles. The van der Waals surface area contributed by atoms with Crippen LogP contribution in [0.3, 0.4) is 0 Å². The molecule has 0 amide bonds. The molecule has 4 aromatic rings. The van der Waals surface area contributed by atoms with Gasteiger partial charge in [0.2, 0.25) is 4.80 Å². The molecular formula is C26H23N5O2S. The summed E-state index contributed by atoms with van der Waals surface area (Å²) in [5.41, 5.74) is 8.28. The van der Waals surface area contributed by atoms with Crippen molar-refractivity contribution in [3.8, 4) is 11.3 Å². The summed E-state index contributed by atoms with van der Waals surface area (Å²) in [6.07, 6.45) is 6.34. The molecule has 1 aliphatic carbocycles. The molecule has 5 rings (SSSR count). The average Bonchev–Trinajstić information content (AvgIpc) is 3.22. The van der Waals surface area contributed by atoms with Crippen molar-refractivity contribution in [3.63, 3.8) is 0 Å². The van der Waals surface area contributed by atoms with Crippen molar-refractivity contribution in [3.05, 3.63) is 103 Å². The number of aryl methyl sites for hydroxylation is 2. The Morgan fingerprint density at radius 1 is 1.12 bits per heavy atom. The quantitative estimate of drug-likeness (QED) is 0.273. The monoisotopic (exact) mass is 469 g/mol. The molecule has 8 heteroatoms. The first-order chi connectivity index (χ1) is 16.5. The lowest BCUT2D eigenvalue weighted by molar-refractivity contribution is -0.384. The van der Waals surface area contributed by atoms with Crippen LogP contribution < -0.4 is 4.80 Å². The summed E-state index contributed by atoms with van der Waals surface area (Å²) in [7, 11) is 0. The Balaban J connectivity index is 1.73. The number of non-ortho nitro benzene ring substituents is 1. The molecule has 0 atom stereocenters. The number of nitro groups is 1. The van der Waals surface area contributed by atoms with E-state index < -0.39 is 0 Å². The van der Waals surface area contributed by atoms with E-state index in [4.69, 9.17) is 10.1 Å². The highest BCUT2D eigenvalue weighted by atomic mass is 32.1.